The maximum Gasteiger partial charge on any atom is 0.199 e. The van der Waals surface area contributed by atoms with E-state index in [1.54, 1.807) is 0 Å². The summed E-state index contributed by atoms with van der Waals surface area (Å²) in [6.45, 7) is 7.83. The van der Waals surface area contributed by atoms with Crippen LogP contribution in [0.1, 0.15) is 39.5 Å². The number of nitrogens with one attached hydrogen (secondary N) is 1. The van der Waals surface area contributed by atoms with Crippen LogP contribution < -0.4 is 0 Å². The Morgan fingerprint density at radius 1 is 1.28 bits per heavy atom. The molecule has 1 unspecified atom stereocenters. The van der Waals surface area contributed by atoms with Crippen molar-refractivity contribution in [2.45, 2.75) is 39.5 Å². The summed E-state index contributed by atoms with van der Waals surface area (Å²) in [5, 5.41) is 8.33. The van der Waals surface area contributed by atoms with Crippen molar-refractivity contribution in [3.8, 4) is 0 Å². The lowest BCUT2D eigenvalue weighted by Gasteiger charge is -2.60. The van der Waals surface area contributed by atoms with E-state index in [9.17, 15) is 14.0 Å². The summed E-state index contributed by atoms with van der Waals surface area (Å²) in [4.78, 5) is 24.6. The van der Waals surface area contributed by atoms with Gasteiger partial charge in [-0.25, -0.2) is 0 Å². The Morgan fingerprint density at radius 3 is 2.68 bits per heavy atom. The van der Waals surface area contributed by atoms with Gasteiger partial charge in [0, 0.05) is 29.1 Å². The minimum atomic E-state index is -0.515. The third kappa shape index (κ3) is 1.94. The average Bonchev–Trinajstić information content (AvgIpc) is 2.87. The fourth-order valence-electron chi connectivity index (χ4n) is 6.73. The van der Waals surface area contributed by atoms with E-state index in [-0.39, 0.29) is 46.0 Å². The number of Topliss-reactive ketones (excluding diaryl/α,β-unsaturated/α-hetero) is 1. The molecule has 0 bridgehead atoms. The second-order valence-electron chi connectivity index (χ2n) is 8.95. The van der Waals surface area contributed by atoms with Crippen LogP contribution >= 0.6 is 0 Å². The Kier molecular flexibility index (Phi) is 3.52. The third-order valence-electron chi connectivity index (χ3n) is 8.09. The predicted molar refractivity (Wildman–Crippen MR) is 94.1 cm³/mol. The van der Waals surface area contributed by atoms with E-state index in [0.717, 1.165) is 19.3 Å². The summed E-state index contributed by atoms with van der Waals surface area (Å²) in [6, 6.07) is 0. The summed E-state index contributed by atoms with van der Waals surface area (Å²) >= 11 is 0. The Balaban J connectivity index is 1.85. The molecule has 134 valence electrons. The molecule has 25 heavy (non-hydrogen) atoms. The van der Waals surface area contributed by atoms with Crippen molar-refractivity contribution in [3.63, 3.8) is 0 Å². The summed E-state index contributed by atoms with van der Waals surface area (Å²) in [6.07, 6.45) is 6.59. The minimum Gasteiger partial charge on any atom is -0.301 e. The molecular formula is C21H26FNO2. The van der Waals surface area contributed by atoms with Gasteiger partial charge in [0.2, 0.25) is 0 Å². The van der Waals surface area contributed by atoms with Gasteiger partial charge in [0.25, 0.3) is 0 Å². The van der Waals surface area contributed by atoms with E-state index in [4.69, 9.17) is 5.41 Å². The van der Waals surface area contributed by atoms with Gasteiger partial charge < -0.3 is 5.41 Å². The third-order valence-corrected chi connectivity index (χ3v) is 8.09. The summed E-state index contributed by atoms with van der Waals surface area (Å²) in [7, 11) is 0. The van der Waals surface area contributed by atoms with E-state index < -0.39 is 12.6 Å². The fourth-order valence-corrected chi connectivity index (χ4v) is 6.73. The molecule has 0 aromatic carbocycles. The highest BCUT2D eigenvalue weighted by molar-refractivity contribution is 6.45. The lowest BCUT2D eigenvalue weighted by atomic mass is 9.43. The van der Waals surface area contributed by atoms with Crippen LogP contribution in [0.2, 0.25) is 0 Å². The van der Waals surface area contributed by atoms with Crippen LogP contribution in [0.4, 0.5) is 4.39 Å². The van der Waals surface area contributed by atoms with Gasteiger partial charge in [-0.1, -0.05) is 32.1 Å². The van der Waals surface area contributed by atoms with Crippen molar-refractivity contribution >= 4 is 17.3 Å². The van der Waals surface area contributed by atoms with Gasteiger partial charge in [-0.05, 0) is 43.1 Å². The number of rotatable bonds is 1. The Labute approximate surface area is 148 Å². The number of allylic oxidation sites excluding steroid dienone is 3. The smallest absolute Gasteiger partial charge is 0.199 e. The van der Waals surface area contributed by atoms with Crippen LogP contribution in [0.15, 0.2) is 24.3 Å². The maximum atomic E-state index is 14.2. The van der Waals surface area contributed by atoms with Crippen LogP contribution in [-0.2, 0) is 9.59 Å². The number of hydrogen-bond donors (Lipinski definition) is 1. The molecule has 1 N–H and O–H groups in total. The number of alkyl halides is 1. The first-order valence-corrected chi connectivity index (χ1v) is 9.35. The molecule has 0 aromatic heterocycles. The summed E-state index contributed by atoms with van der Waals surface area (Å²) in [5.41, 5.74) is 0.0470. The van der Waals surface area contributed by atoms with Crippen LogP contribution in [0, 0.1) is 45.8 Å². The number of fused-ring (bicyclic) bond motifs is 5. The van der Waals surface area contributed by atoms with E-state index in [1.165, 1.54) is 6.08 Å². The van der Waals surface area contributed by atoms with E-state index in [2.05, 4.69) is 20.4 Å². The van der Waals surface area contributed by atoms with E-state index >= 15 is 0 Å². The quantitative estimate of drug-likeness (QED) is 0.733. The van der Waals surface area contributed by atoms with Crippen molar-refractivity contribution in [2.75, 3.05) is 6.67 Å². The molecule has 3 fully saturated rings. The Hall–Kier alpha value is -1.58. The second-order valence-corrected chi connectivity index (χ2v) is 8.95. The summed E-state index contributed by atoms with van der Waals surface area (Å²) in [5.74, 6) is -0.238. The average molecular weight is 343 g/mol. The Bertz CT molecular complexity index is 725. The van der Waals surface area contributed by atoms with Crippen molar-refractivity contribution in [1.29, 1.82) is 5.41 Å². The fraction of sp³-hybridized carbons (Fsp3) is 0.667. The van der Waals surface area contributed by atoms with Gasteiger partial charge in [0.05, 0.1) is 12.4 Å². The largest absolute Gasteiger partial charge is 0.301 e. The number of carbonyl (C=O) groups excluding carboxylic acids is 2. The molecule has 4 aliphatic carbocycles. The van der Waals surface area contributed by atoms with Crippen LogP contribution in [0.5, 0.6) is 0 Å². The molecule has 0 amide bonds. The molecule has 4 aliphatic rings. The Morgan fingerprint density at radius 2 is 2.00 bits per heavy atom. The van der Waals surface area contributed by atoms with Crippen molar-refractivity contribution < 1.29 is 14.0 Å². The highest BCUT2D eigenvalue weighted by Crippen LogP contribution is 2.66. The highest BCUT2D eigenvalue weighted by atomic mass is 19.1. The number of hydrogen-bond acceptors (Lipinski definition) is 3. The zero-order chi connectivity index (χ0) is 18.1. The maximum absolute atomic E-state index is 14.2. The van der Waals surface area contributed by atoms with Gasteiger partial charge in [-0.3, -0.25) is 14.0 Å². The first-order chi connectivity index (χ1) is 11.8. The van der Waals surface area contributed by atoms with Gasteiger partial charge in [-0.15, -0.1) is 0 Å². The normalized spacial score (nSPS) is 49.0. The molecule has 7 atom stereocenters. The highest BCUT2D eigenvalue weighted by Gasteiger charge is 2.63. The van der Waals surface area contributed by atoms with Crippen molar-refractivity contribution in [3.05, 3.63) is 24.3 Å². The van der Waals surface area contributed by atoms with E-state index in [0.29, 0.717) is 17.8 Å². The number of carbonyl (C=O) groups is 2. The SMILES string of the molecule is C=C1C2C(=N)C(=O)C=C[C@]2(C)[C@H]2CC[C@]3(C)C(=O)CC[C@H]3[C@@H]2[C@@H]1CF. The van der Waals surface area contributed by atoms with Gasteiger partial charge in [0.15, 0.2) is 5.78 Å². The van der Waals surface area contributed by atoms with Crippen molar-refractivity contribution in [2.24, 2.45) is 40.4 Å². The lowest BCUT2D eigenvalue weighted by molar-refractivity contribution is -0.134. The van der Waals surface area contributed by atoms with Gasteiger partial charge in [-0.2, -0.15) is 0 Å². The standard InChI is InChI=1S/C21H26FNO2/c1-11-12(10-22)17-13-4-5-16(25)20(13,2)8-6-14(17)21(3)9-7-15(24)19(23)18(11)21/h7,9,12-14,17-18,23H,1,4-6,8,10H2,2-3H3/t12-,13+,14+,17+,18?,20+,21-/m1/s1. The molecule has 0 heterocycles. The molecular weight excluding hydrogens is 317 g/mol. The number of halogens is 1. The van der Waals surface area contributed by atoms with Gasteiger partial charge >= 0.3 is 0 Å². The minimum absolute atomic E-state index is 0.0581. The molecule has 0 aromatic rings. The summed E-state index contributed by atoms with van der Waals surface area (Å²) < 4.78 is 14.2. The molecule has 4 rings (SSSR count). The number of ketones is 2. The van der Waals surface area contributed by atoms with Crippen LogP contribution in [-0.4, -0.2) is 24.0 Å². The predicted octanol–water partition coefficient (Wildman–Crippen LogP) is 3.93. The van der Waals surface area contributed by atoms with Crippen molar-refractivity contribution in [1.82, 2.24) is 0 Å². The first kappa shape index (κ1) is 16.9. The molecule has 3 saturated carbocycles. The zero-order valence-corrected chi connectivity index (χ0v) is 15.0. The van der Waals surface area contributed by atoms with Gasteiger partial charge in [0.1, 0.15) is 5.78 Å². The molecule has 0 saturated heterocycles. The molecule has 4 heteroatoms. The first-order valence-electron chi connectivity index (χ1n) is 9.35. The van der Waals surface area contributed by atoms with E-state index in [1.807, 2.05) is 6.08 Å². The van der Waals surface area contributed by atoms with Crippen LogP contribution in [0.3, 0.4) is 0 Å². The molecule has 0 spiro atoms. The lowest BCUT2D eigenvalue weighted by Crippen LogP contribution is -2.58. The zero-order valence-electron chi connectivity index (χ0n) is 15.0. The monoisotopic (exact) mass is 343 g/mol. The molecule has 0 aliphatic heterocycles. The molecule has 0 radical (unpaired) electrons. The van der Waals surface area contributed by atoms with Crippen LogP contribution in [0.25, 0.3) is 0 Å². The topological polar surface area (TPSA) is 58.0 Å². The second kappa shape index (κ2) is 5.21. The molecule has 3 nitrogen and oxygen atoms in total.